The summed E-state index contributed by atoms with van der Waals surface area (Å²) < 4.78 is 39.9. The van der Waals surface area contributed by atoms with Crippen molar-refractivity contribution in [2.75, 3.05) is 13.1 Å². The summed E-state index contributed by atoms with van der Waals surface area (Å²) in [7, 11) is -3.45. The van der Waals surface area contributed by atoms with E-state index in [0.29, 0.717) is 35.7 Å². The maximum Gasteiger partial charge on any atom is 0.252 e. The van der Waals surface area contributed by atoms with Crippen LogP contribution in [0.2, 0.25) is 0 Å². The molecule has 0 unspecified atom stereocenters. The number of carbonyl (C=O) groups is 1. The van der Waals surface area contributed by atoms with Gasteiger partial charge in [-0.25, -0.2) is 12.8 Å². The Kier molecular flexibility index (Phi) is 5.51. The lowest BCUT2D eigenvalue weighted by molar-refractivity contribution is -0.126. The lowest BCUT2D eigenvalue weighted by Gasteiger charge is -2.30. The summed E-state index contributed by atoms with van der Waals surface area (Å²) in [6.07, 6.45) is 0.971. The Morgan fingerprint density at radius 1 is 1.24 bits per heavy atom. The number of nitrogens with zero attached hydrogens (tertiary/aromatic N) is 1. The van der Waals surface area contributed by atoms with Gasteiger partial charge in [-0.1, -0.05) is 18.2 Å². The van der Waals surface area contributed by atoms with Crippen LogP contribution in [0, 0.1) is 11.7 Å². The highest BCUT2D eigenvalue weighted by atomic mass is 32.2. The molecule has 0 spiro atoms. The second-order valence-corrected chi connectivity index (χ2v) is 9.07. The third kappa shape index (κ3) is 4.26. The molecule has 1 aliphatic heterocycles. The van der Waals surface area contributed by atoms with Gasteiger partial charge in [0.2, 0.25) is 5.91 Å². The van der Waals surface area contributed by atoms with Crippen molar-refractivity contribution in [3.05, 3.63) is 53.2 Å². The summed E-state index contributed by atoms with van der Waals surface area (Å²) in [5.74, 6) is -0.667. The van der Waals surface area contributed by atoms with E-state index in [1.165, 1.54) is 27.8 Å². The van der Waals surface area contributed by atoms with E-state index >= 15 is 0 Å². The highest BCUT2D eigenvalue weighted by Gasteiger charge is 2.32. The molecule has 8 heteroatoms. The normalized spacial score (nSPS) is 16.7. The quantitative estimate of drug-likeness (QED) is 0.864. The Hall–Kier alpha value is -1.77. The van der Waals surface area contributed by atoms with Gasteiger partial charge in [0.15, 0.2) is 0 Å². The zero-order valence-corrected chi connectivity index (χ0v) is 15.2. The second kappa shape index (κ2) is 7.63. The molecule has 0 saturated carbocycles. The van der Waals surface area contributed by atoms with Crippen molar-refractivity contribution >= 4 is 27.3 Å². The van der Waals surface area contributed by atoms with E-state index in [1.807, 2.05) is 0 Å². The molecule has 3 rings (SSSR count). The van der Waals surface area contributed by atoms with Crippen LogP contribution >= 0.6 is 11.3 Å². The number of hydrogen-bond donors (Lipinski definition) is 1. The predicted octanol–water partition coefficient (Wildman–Crippen LogP) is 2.60. The molecule has 1 saturated heterocycles. The molecule has 1 aliphatic rings. The van der Waals surface area contributed by atoms with Crippen molar-refractivity contribution in [3.8, 4) is 0 Å². The van der Waals surface area contributed by atoms with E-state index in [0.717, 1.165) is 0 Å². The van der Waals surface area contributed by atoms with Crippen LogP contribution in [0.4, 0.5) is 4.39 Å². The molecule has 5 nitrogen and oxygen atoms in total. The fourth-order valence-corrected chi connectivity index (χ4v) is 5.49. The molecule has 0 aliphatic carbocycles. The average molecular weight is 382 g/mol. The van der Waals surface area contributed by atoms with Gasteiger partial charge in [-0.3, -0.25) is 4.79 Å². The fraction of sp³-hybridized carbons (Fsp3) is 0.353. The van der Waals surface area contributed by atoms with Crippen molar-refractivity contribution < 1.29 is 17.6 Å². The molecule has 0 radical (unpaired) electrons. The molecule has 1 fully saturated rings. The predicted molar refractivity (Wildman–Crippen MR) is 94.0 cm³/mol. The van der Waals surface area contributed by atoms with Crippen LogP contribution in [0.15, 0.2) is 46.0 Å². The van der Waals surface area contributed by atoms with Crippen LogP contribution in [0.5, 0.6) is 0 Å². The highest BCUT2D eigenvalue weighted by molar-refractivity contribution is 7.91. The van der Waals surface area contributed by atoms with Crippen molar-refractivity contribution in [2.24, 2.45) is 5.92 Å². The van der Waals surface area contributed by atoms with E-state index in [4.69, 9.17) is 0 Å². The first-order chi connectivity index (χ1) is 12.0. The summed E-state index contributed by atoms with van der Waals surface area (Å²) in [5, 5.41) is 4.54. The molecule has 1 aromatic carbocycles. The number of benzene rings is 1. The van der Waals surface area contributed by atoms with E-state index in [-0.39, 0.29) is 24.2 Å². The van der Waals surface area contributed by atoms with Gasteiger partial charge in [0.25, 0.3) is 10.0 Å². The third-order valence-corrected chi connectivity index (χ3v) is 7.54. The molecule has 1 aromatic heterocycles. The van der Waals surface area contributed by atoms with Gasteiger partial charge in [0.1, 0.15) is 10.0 Å². The number of halogens is 1. The largest absolute Gasteiger partial charge is 0.352 e. The molecule has 2 heterocycles. The minimum atomic E-state index is -3.45. The molecule has 0 bridgehead atoms. The van der Waals surface area contributed by atoms with Gasteiger partial charge in [-0.15, -0.1) is 11.3 Å². The number of hydrogen-bond acceptors (Lipinski definition) is 4. The Balaban J connectivity index is 1.52. The van der Waals surface area contributed by atoms with Crippen molar-refractivity contribution in [3.63, 3.8) is 0 Å². The summed E-state index contributed by atoms with van der Waals surface area (Å²) in [6, 6.07) is 9.40. The van der Waals surface area contributed by atoms with Crippen LogP contribution in [-0.2, 0) is 21.4 Å². The molecule has 134 valence electrons. The first kappa shape index (κ1) is 18.0. The van der Waals surface area contributed by atoms with E-state index in [1.54, 1.807) is 29.6 Å². The minimum Gasteiger partial charge on any atom is -0.352 e. The molecule has 0 atom stereocenters. The van der Waals surface area contributed by atoms with E-state index in [9.17, 15) is 17.6 Å². The van der Waals surface area contributed by atoms with Gasteiger partial charge >= 0.3 is 0 Å². The standard InChI is InChI=1S/C17H19FN2O3S2/c18-15-4-1-3-13(11-15)12-19-17(21)14-6-8-20(9-7-14)25(22,23)16-5-2-10-24-16/h1-5,10-11,14H,6-9,12H2,(H,19,21). The number of carbonyl (C=O) groups excluding carboxylic acids is 1. The highest BCUT2D eigenvalue weighted by Crippen LogP contribution is 2.26. The van der Waals surface area contributed by atoms with Crippen molar-refractivity contribution in [1.82, 2.24) is 9.62 Å². The first-order valence-electron chi connectivity index (χ1n) is 8.02. The molecule has 1 N–H and O–H groups in total. The van der Waals surface area contributed by atoms with Crippen LogP contribution in [0.1, 0.15) is 18.4 Å². The molecule has 1 amide bonds. The molecule has 25 heavy (non-hydrogen) atoms. The van der Waals surface area contributed by atoms with Crippen molar-refractivity contribution in [1.29, 1.82) is 0 Å². The topological polar surface area (TPSA) is 66.5 Å². The van der Waals surface area contributed by atoms with Crippen LogP contribution < -0.4 is 5.32 Å². The lowest BCUT2D eigenvalue weighted by atomic mass is 9.97. The maximum atomic E-state index is 13.1. The Bertz CT molecular complexity index is 829. The number of nitrogens with one attached hydrogen (secondary N) is 1. The van der Waals surface area contributed by atoms with Crippen molar-refractivity contribution in [2.45, 2.75) is 23.6 Å². The molecular weight excluding hydrogens is 363 g/mol. The smallest absolute Gasteiger partial charge is 0.252 e. The maximum absolute atomic E-state index is 13.1. The Labute approximate surface area is 150 Å². The molecule has 2 aromatic rings. The number of amides is 1. The van der Waals surface area contributed by atoms with E-state index < -0.39 is 10.0 Å². The fourth-order valence-electron chi connectivity index (χ4n) is 2.88. The zero-order valence-electron chi connectivity index (χ0n) is 13.5. The second-order valence-electron chi connectivity index (χ2n) is 5.96. The Morgan fingerprint density at radius 2 is 2.00 bits per heavy atom. The number of sulfonamides is 1. The van der Waals surface area contributed by atoms with Gasteiger partial charge in [0, 0.05) is 25.6 Å². The number of thiophene rings is 1. The number of rotatable bonds is 5. The average Bonchev–Trinajstić information content (AvgIpc) is 3.15. The van der Waals surface area contributed by atoms with Gasteiger partial charge in [0.05, 0.1) is 0 Å². The van der Waals surface area contributed by atoms with E-state index in [2.05, 4.69) is 5.32 Å². The third-order valence-electron chi connectivity index (χ3n) is 4.27. The van der Waals surface area contributed by atoms with Gasteiger partial charge in [-0.05, 0) is 42.0 Å². The lowest BCUT2D eigenvalue weighted by Crippen LogP contribution is -2.42. The monoisotopic (exact) mass is 382 g/mol. The molecular formula is C17H19FN2O3S2. The number of piperidine rings is 1. The summed E-state index contributed by atoms with van der Waals surface area (Å²) in [6.45, 7) is 0.931. The minimum absolute atomic E-state index is 0.113. The zero-order chi connectivity index (χ0) is 17.9. The summed E-state index contributed by atoms with van der Waals surface area (Å²) in [5.41, 5.74) is 0.700. The Morgan fingerprint density at radius 3 is 2.64 bits per heavy atom. The summed E-state index contributed by atoms with van der Waals surface area (Å²) >= 11 is 1.20. The van der Waals surface area contributed by atoms with Crippen LogP contribution in [-0.4, -0.2) is 31.7 Å². The summed E-state index contributed by atoms with van der Waals surface area (Å²) in [4.78, 5) is 12.3. The van der Waals surface area contributed by atoms with Crippen LogP contribution in [0.3, 0.4) is 0 Å². The van der Waals surface area contributed by atoms with Gasteiger partial charge in [-0.2, -0.15) is 4.31 Å². The van der Waals surface area contributed by atoms with Crippen LogP contribution in [0.25, 0.3) is 0 Å². The first-order valence-corrected chi connectivity index (χ1v) is 10.3. The van der Waals surface area contributed by atoms with Gasteiger partial charge < -0.3 is 5.32 Å². The SMILES string of the molecule is O=C(NCc1cccc(F)c1)C1CCN(S(=O)(=O)c2cccs2)CC1.